The van der Waals surface area contributed by atoms with Gasteiger partial charge < -0.3 is 5.32 Å². The van der Waals surface area contributed by atoms with E-state index >= 15 is 0 Å². The molecule has 1 aromatic rings. The van der Waals surface area contributed by atoms with Crippen molar-refractivity contribution in [2.75, 3.05) is 12.4 Å². The Hall–Kier alpha value is -1.02. The maximum atomic E-state index is 12.2. The number of amides is 1. The molecule has 0 aromatic heterocycles. The highest BCUT2D eigenvalue weighted by Gasteiger charge is 2.32. The van der Waals surface area contributed by atoms with Gasteiger partial charge in [-0.15, -0.1) is 11.6 Å². The fraction of sp³-hybridized carbons (Fsp3) is 0.562. The van der Waals surface area contributed by atoms with Crippen molar-refractivity contribution in [1.82, 2.24) is 5.32 Å². The molecule has 0 saturated carbocycles. The average Bonchev–Trinajstić information content (AvgIpc) is 2.36. The highest BCUT2D eigenvalue weighted by molar-refractivity contribution is 6.17. The molecule has 0 fully saturated rings. The molecule has 1 aromatic carbocycles. The lowest BCUT2D eigenvalue weighted by Crippen LogP contribution is -2.40. The molecule has 1 aliphatic carbocycles. The van der Waals surface area contributed by atoms with E-state index in [9.17, 15) is 4.79 Å². The van der Waals surface area contributed by atoms with Gasteiger partial charge in [-0.1, -0.05) is 38.1 Å². The smallest absolute Gasteiger partial charge is 0.227 e. The summed E-state index contributed by atoms with van der Waals surface area (Å²) >= 11 is 5.72. The summed E-state index contributed by atoms with van der Waals surface area (Å²) in [6.07, 6.45) is 2.92. The molecule has 104 valence electrons. The van der Waals surface area contributed by atoms with Crippen molar-refractivity contribution in [3.05, 3.63) is 35.4 Å². The zero-order chi connectivity index (χ0) is 13.9. The molecule has 1 amide bonds. The normalized spacial score (nSPS) is 17.5. The van der Waals surface area contributed by atoms with Gasteiger partial charge in [-0.3, -0.25) is 4.79 Å². The van der Waals surface area contributed by atoms with Gasteiger partial charge >= 0.3 is 0 Å². The quantitative estimate of drug-likeness (QED) is 0.794. The van der Waals surface area contributed by atoms with E-state index in [1.807, 2.05) is 12.1 Å². The number of hydrogen-bond donors (Lipinski definition) is 1. The summed E-state index contributed by atoms with van der Waals surface area (Å²) in [5.41, 5.74) is 2.62. The van der Waals surface area contributed by atoms with Crippen molar-refractivity contribution >= 4 is 17.5 Å². The Labute approximate surface area is 120 Å². The topological polar surface area (TPSA) is 29.1 Å². The third-order valence-electron chi connectivity index (χ3n) is 3.90. The number of hydrogen-bond acceptors (Lipinski definition) is 1. The Balaban J connectivity index is 1.83. The maximum Gasteiger partial charge on any atom is 0.227 e. The van der Waals surface area contributed by atoms with Crippen LogP contribution in [0.4, 0.5) is 0 Å². The van der Waals surface area contributed by atoms with E-state index in [0.717, 1.165) is 25.8 Å². The van der Waals surface area contributed by atoms with Gasteiger partial charge in [-0.2, -0.15) is 0 Å². The minimum absolute atomic E-state index is 0.0556. The first-order valence-electron chi connectivity index (χ1n) is 6.95. The van der Waals surface area contributed by atoms with Crippen molar-refractivity contribution in [2.24, 2.45) is 5.41 Å². The number of nitrogens with one attached hydrogen (secondary N) is 1. The summed E-state index contributed by atoms with van der Waals surface area (Å²) in [5.74, 6) is 0.908. The van der Waals surface area contributed by atoms with Crippen LogP contribution in [0, 0.1) is 5.41 Å². The maximum absolute atomic E-state index is 12.2. The minimum atomic E-state index is 0.0556. The van der Waals surface area contributed by atoms with E-state index in [1.165, 1.54) is 11.1 Å². The molecule has 1 atom stereocenters. The van der Waals surface area contributed by atoms with E-state index in [4.69, 9.17) is 11.6 Å². The predicted molar refractivity (Wildman–Crippen MR) is 79.6 cm³/mol. The molecule has 0 bridgehead atoms. The number of carbonyl (C=O) groups excluding carboxylic acids is 1. The lowest BCUT2D eigenvalue weighted by Gasteiger charge is -2.31. The van der Waals surface area contributed by atoms with Crippen LogP contribution >= 0.6 is 11.6 Å². The molecule has 3 heteroatoms. The first-order valence-corrected chi connectivity index (χ1v) is 7.48. The molecule has 0 saturated heterocycles. The van der Waals surface area contributed by atoms with Gasteiger partial charge in [0.25, 0.3) is 0 Å². The predicted octanol–water partition coefficient (Wildman–Crippen LogP) is 3.49. The second kappa shape index (κ2) is 5.96. The molecule has 0 radical (unpaired) electrons. The summed E-state index contributed by atoms with van der Waals surface area (Å²) in [4.78, 5) is 12.2. The van der Waals surface area contributed by atoms with Crippen LogP contribution < -0.4 is 5.32 Å². The molecule has 2 rings (SSSR count). The number of halogens is 1. The lowest BCUT2D eigenvalue weighted by atomic mass is 9.77. The van der Waals surface area contributed by atoms with Gasteiger partial charge in [0.15, 0.2) is 0 Å². The lowest BCUT2D eigenvalue weighted by molar-refractivity contribution is -0.123. The standard InChI is InChI=1S/C16H22ClNO/c1-16(2,8-5-9-17)11-18-15(19)14-10-12-6-3-4-7-13(12)14/h3-4,6-7,14H,5,8-11H2,1-2H3,(H,18,19). The van der Waals surface area contributed by atoms with Crippen LogP contribution in [-0.2, 0) is 11.2 Å². The van der Waals surface area contributed by atoms with Crippen molar-refractivity contribution in [3.63, 3.8) is 0 Å². The summed E-state index contributed by atoms with van der Waals surface area (Å²) in [5, 5.41) is 3.09. The summed E-state index contributed by atoms with van der Waals surface area (Å²) < 4.78 is 0. The van der Waals surface area contributed by atoms with Gasteiger partial charge in [0.05, 0.1) is 5.92 Å². The van der Waals surface area contributed by atoms with E-state index in [2.05, 4.69) is 31.3 Å². The zero-order valence-electron chi connectivity index (χ0n) is 11.7. The Bertz CT molecular complexity index is 456. The summed E-state index contributed by atoms with van der Waals surface area (Å²) in [6.45, 7) is 5.07. The number of benzene rings is 1. The van der Waals surface area contributed by atoms with E-state index in [-0.39, 0.29) is 17.2 Å². The number of alkyl halides is 1. The van der Waals surface area contributed by atoms with Crippen LogP contribution in [0.25, 0.3) is 0 Å². The van der Waals surface area contributed by atoms with E-state index < -0.39 is 0 Å². The Morgan fingerprint density at radius 3 is 2.84 bits per heavy atom. The number of fused-ring (bicyclic) bond motifs is 1. The summed E-state index contributed by atoms with van der Waals surface area (Å²) in [7, 11) is 0. The Morgan fingerprint density at radius 2 is 2.16 bits per heavy atom. The van der Waals surface area contributed by atoms with E-state index in [0.29, 0.717) is 5.88 Å². The van der Waals surface area contributed by atoms with Crippen molar-refractivity contribution in [1.29, 1.82) is 0 Å². The molecule has 1 unspecified atom stereocenters. The molecular formula is C16H22ClNO. The van der Waals surface area contributed by atoms with Crippen LogP contribution in [0.5, 0.6) is 0 Å². The molecule has 1 aliphatic rings. The van der Waals surface area contributed by atoms with Crippen LogP contribution in [0.15, 0.2) is 24.3 Å². The average molecular weight is 280 g/mol. The molecule has 0 heterocycles. The fourth-order valence-corrected chi connectivity index (χ4v) is 2.71. The monoisotopic (exact) mass is 279 g/mol. The Morgan fingerprint density at radius 1 is 1.42 bits per heavy atom. The second-order valence-electron chi connectivity index (χ2n) is 6.13. The molecule has 0 aliphatic heterocycles. The van der Waals surface area contributed by atoms with Crippen LogP contribution in [0.1, 0.15) is 43.7 Å². The van der Waals surface area contributed by atoms with Crippen LogP contribution in [0.2, 0.25) is 0 Å². The van der Waals surface area contributed by atoms with Crippen LogP contribution in [-0.4, -0.2) is 18.3 Å². The largest absolute Gasteiger partial charge is 0.355 e. The van der Waals surface area contributed by atoms with E-state index in [1.54, 1.807) is 0 Å². The highest BCUT2D eigenvalue weighted by Crippen LogP contribution is 2.35. The van der Waals surface area contributed by atoms with Gasteiger partial charge in [-0.25, -0.2) is 0 Å². The first kappa shape index (κ1) is 14.4. The van der Waals surface area contributed by atoms with Gasteiger partial charge in [0, 0.05) is 12.4 Å². The van der Waals surface area contributed by atoms with Gasteiger partial charge in [-0.05, 0) is 35.8 Å². The number of carbonyl (C=O) groups is 1. The number of rotatable bonds is 6. The highest BCUT2D eigenvalue weighted by atomic mass is 35.5. The summed E-state index contributed by atoms with van der Waals surface area (Å²) in [6, 6.07) is 8.19. The fourth-order valence-electron chi connectivity index (χ4n) is 2.58. The van der Waals surface area contributed by atoms with Gasteiger partial charge in [0.1, 0.15) is 0 Å². The van der Waals surface area contributed by atoms with Crippen LogP contribution in [0.3, 0.4) is 0 Å². The van der Waals surface area contributed by atoms with Gasteiger partial charge in [0.2, 0.25) is 5.91 Å². The second-order valence-corrected chi connectivity index (χ2v) is 6.51. The molecular weight excluding hydrogens is 258 g/mol. The third-order valence-corrected chi connectivity index (χ3v) is 4.17. The molecule has 2 nitrogen and oxygen atoms in total. The zero-order valence-corrected chi connectivity index (χ0v) is 12.5. The van der Waals surface area contributed by atoms with Crippen molar-refractivity contribution in [3.8, 4) is 0 Å². The molecule has 0 spiro atoms. The molecule has 19 heavy (non-hydrogen) atoms. The van der Waals surface area contributed by atoms with Crippen molar-refractivity contribution in [2.45, 2.75) is 39.0 Å². The SMILES string of the molecule is CC(C)(CCCCl)CNC(=O)C1Cc2ccccc21. The Kier molecular flexibility index (Phi) is 4.51. The third kappa shape index (κ3) is 3.50. The van der Waals surface area contributed by atoms with Crippen molar-refractivity contribution < 1.29 is 4.79 Å². The first-order chi connectivity index (χ1) is 9.03. The minimum Gasteiger partial charge on any atom is -0.355 e. The molecule has 1 N–H and O–H groups in total.